The Balaban J connectivity index is 0. The van der Waals surface area contributed by atoms with Gasteiger partial charge < -0.3 is 5.11 Å². The van der Waals surface area contributed by atoms with Gasteiger partial charge in [-0.3, -0.25) is 0 Å². The van der Waals surface area contributed by atoms with Crippen molar-refractivity contribution in [2.45, 2.75) is 88.0 Å². The molecule has 1 nitrogen and oxygen atoms in total. The Morgan fingerprint density at radius 2 is 1.50 bits per heavy atom. The minimum Gasteiger partial charge on any atom is -0.396 e. The Bertz CT molecular complexity index is 440. The number of allylic oxidation sites excluding steroid dienone is 2. The summed E-state index contributed by atoms with van der Waals surface area (Å²) >= 11 is 0. The third-order valence-corrected chi connectivity index (χ3v) is 5.37. The molecule has 0 saturated carbocycles. The van der Waals surface area contributed by atoms with Gasteiger partial charge >= 0.3 is 0 Å². The first-order valence-electron chi connectivity index (χ1n) is 10.7. The van der Waals surface area contributed by atoms with Crippen LogP contribution in [-0.2, 0) is 6.42 Å². The lowest BCUT2D eigenvalue weighted by atomic mass is 9.80. The molecule has 0 bridgehead atoms. The molecule has 0 aliphatic carbocycles. The van der Waals surface area contributed by atoms with Crippen LogP contribution in [0.2, 0.25) is 0 Å². The Labute approximate surface area is 164 Å². The van der Waals surface area contributed by atoms with Crippen molar-refractivity contribution in [1.29, 1.82) is 0 Å². The standard InChI is InChI=1S/C14H28O.C9H12.C2H6/c1-6-11(4)12(5)9-13(7-2)14(8-3)10-15;1-3-9-6-4-8(2)5-7-9;1-2/h6,12-15H,7-10H2,1-5H3;4-7H,3H2,1-2H3;1-2H3. The minimum atomic E-state index is 0.344. The first kappa shape index (κ1) is 27.1. The molecule has 152 valence electrons. The number of benzene rings is 1. The van der Waals surface area contributed by atoms with Crippen LogP contribution < -0.4 is 0 Å². The minimum absolute atomic E-state index is 0.344. The van der Waals surface area contributed by atoms with E-state index in [4.69, 9.17) is 0 Å². The highest BCUT2D eigenvalue weighted by molar-refractivity contribution is 5.20. The highest BCUT2D eigenvalue weighted by atomic mass is 16.3. The van der Waals surface area contributed by atoms with Crippen molar-refractivity contribution in [2.75, 3.05) is 6.61 Å². The van der Waals surface area contributed by atoms with Crippen LogP contribution in [0.1, 0.15) is 85.8 Å². The zero-order valence-electron chi connectivity index (χ0n) is 19.1. The molecule has 26 heavy (non-hydrogen) atoms. The number of aliphatic hydroxyl groups is 1. The molecule has 0 amide bonds. The lowest BCUT2D eigenvalue weighted by Crippen LogP contribution is -2.20. The van der Waals surface area contributed by atoms with E-state index in [-0.39, 0.29) is 0 Å². The maximum atomic E-state index is 9.32. The zero-order valence-corrected chi connectivity index (χ0v) is 19.1. The van der Waals surface area contributed by atoms with Gasteiger partial charge in [0.15, 0.2) is 0 Å². The fourth-order valence-electron chi connectivity index (χ4n) is 3.05. The number of rotatable bonds is 8. The SMILES string of the molecule is CC.CC=C(C)C(C)CC(CC)C(CC)CO.CCc1ccc(C)cc1. The summed E-state index contributed by atoms with van der Waals surface area (Å²) in [5, 5.41) is 9.32. The van der Waals surface area contributed by atoms with E-state index in [1.165, 1.54) is 29.5 Å². The van der Waals surface area contributed by atoms with E-state index in [0.717, 1.165) is 12.8 Å². The molecule has 3 atom stereocenters. The van der Waals surface area contributed by atoms with E-state index in [1.807, 2.05) is 13.8 Å². The summed E-state index contributed by atoms with van der Waals surface area (Å²) in [5.41, 5.74) is 4.23. The van der Waals surface area contributed by atoms with Crippen LogP contribution >= 0.6 is 0 Å². The number of hydrogen-bond donors (Lipinski definition) is 1. The maximum absolute atomic E-state index is 9.32. The topological polar surface area (TPSA) is 20.2 Å². The van der Waals surface area contributed by atoms with E-state index >= 15 is 0 Å². The van der Waals surface area contributed by atoms with E-state index in [0.29, 0.717) is 24.4 Å². The smallest absolute Gasteiger partial charge is 0.0461 e. The molecule has 0 aromatic heterocycles. The summed E-state index contributed by atoms with van der Waals surface area (Å²) in [6.45, 7) is 19.6. The Morgan fingerprint density at radius 1 is 1.00 bits per heavy atom. The summed E-state index contributed by atoms with van der Waals surface area (Å²) < 4.78 is 0. The van der Waals surface area contributed by atoms with Gasteiger partial charge in [0.25, 0.3) is 0 Å². The van der Waals surface area contributed by atoms with Gasteiger partial charge in [0.1, 0.15) is 0 Å². The van der Waals surface area contributed by atoms with Gasteiger partial charge in [-0.1, -0.05) is 95.9 Å². The van der Waals surface area contributed by atoms with Gasteiger partial charge in [0, 0.05) is 6.61 Å². The third kappa shape index (κ3) is 11.5. The molecule has 1 rings (SSSR count). The van der Waals surface area contributed by atoms with E-state index < -0.39 is 0 Å². The molecule has 1 heteroatoms. The molecule has 0 radical (unpaired) electrons. The molecule has 0 saturated heterocycles. The summed E-state index contributed by atoms with van der Waals surface area (Å²) in [5.74, 6) is 1.81. The van der Waals surface area contributed by atoms with Gasteiger partial charge in [-0.05, 0) is 56.9 Å². The van der Waals surface area contributed by atoms with Crippen molar-refractivity contribution in [1.82, 2.24) is 0 Å². The van der Waals surface area contributed by atoms with Crippen LogP contribution in [-0.4, -0.2) is 11.7 Å². The number of aryl methyl sites for hydroxylation is 2. The second-order valence-electron chi connectivity index (χ2n) is 7.03. The van der Waals surface area contributed by atoms with Crippen molar-refractivity contribution in [3.05, 3.63) is 47.0 Å². The molecule has 0 aliphatic rings. The monoisotopic (exact) mass is 362 g/mol. The van der Waals surface area contributed by atoms with Crippen LogP contribution in [0, 0.1) is 24.7 Å². The first-order chi connectivity index (χ1) is 12.4. The Hall–Kier alpha value is -1.08. The van der Waals surface area contributed by atoms with Gasteiger partial charge in [0.2, 0.25) is 0 Å². The van der Waals surface area contributed by atoms with Gasteiger partial charge in [-0.2, -0.15) is 0 Å². The van der Waals surface area contributed by atoms with Crippen molar-refractivity contribution >= 4 is 0 Å². The molecule has 0 spiro atoms. The fraction of sp³-hybridized carbons (Fsp3) is 0.680. The molecule has 1 aromatic carbocycles. The highest BCUT2D eigenvalue weighted by Gasteiger charge is 2.20. The summed E-state index contributed by atoms with van der Waals surface area (Å²) in [4.78, 5) is 0. The molecule has 1 N–H and O–H groups in total. The number of aliphatic hydroxyl groups excluding tert-OH is 1. The second-order valence-corrected chi connectivity index (χ2v) is 7.03. The molecule has 0 fully saturated rings. The van der Waals surface area contributed by atoms with Gasteiger partial charge in [-0.25, -0.2) is 0 Å². The molecule has 3 unspecified atom stereocenters. The van der Waals surface area contributed by atoms with E-state index in [2.05, 4.69) is 78.8 Å². The van der Waals surface area contributed by atoms with E-state index in [9.17, 15) is 5.11 Å². The quantitative estimate of drug-likeness (QED) is 0.472. The van der Waals surface area contributed by atoms with Crippen molar-refractivity contribution in [2.24, 2.45) is 17.8 Å². The van der Waals surface area contributed by atoms with Crippen LogP contribution in [0.4, 0.5) is 0 Å². The Kier molecular flexibility index (Phi) is 18.1. The summed E-state index contributed by atoms with van der Waals surface area (Å²) in [7, 11) is 0. The molecule has 0 heterocycles. The van der Waals surface area contributed by atoms with Crippen LogP contribution in [0.5, 0.6) is 0 Å². The van der Waals surface area contributed by atoms with Crippen molar-refractivity contribution in [3.63, 3.8) is 0 Å². The van der Waals surface area contributed by atoms with Crippen molar-refractivity contribution < 1.29 is 5.11 Å². The average Bonchev–Trinajstić information content (AvgIpc) is 2.69. The van der Waals surface area contributed by atoms with Gasteiger partial charge in [0.05, 0.1) is 0 Å². The first-order valence-corrected chi connectivity index (χ1v) is 10.7. The van der Waals surface area contributed by atoms with Crippen LogP contribution in [0.25, 0.3) is 0 Å². The second kappa shape index (κ2) is 17.3. The largest absolute Gasteiger partial charge is 0.396 e. The molecule has 0 aliphatic heterocycles. The third-order valence-electron chi connectivity index (χ3n) is 5.37. The van der Waals surface area contributed by atoms with Crippen LogP contribution in [0.3, 0.4) is 0 Å². The molecule has 1 aromatic rings. The van der Waals surface area contributed by atoms with Crippen molar-refractivity contribution in [3.8, 4) is 0 Å². The summed E-state index contributed by atoms with van der Waals surface area (Å²) in [6.07, 6.45) is 6.83. The number of hydrogen-bond acceptors (Lipinski definition) is 1. The molecular weight excluding hydrogens is 316 g/mol. The summed E-state index contributed by atoms with van der Waals surface area (Å²) in [6, 6.07) is 8.66. The van der Waals surface area contributed by atoms with E-state index in [1.54, 1.807) is 0 Å². The zero-order chi connectivity index (χ0) is 20.5. The Morgan fingerprint density at radius 3 is 1.85 bits per heavy atom. The lowest BCUT2D eigenvalue weighted by Gasteiger charge is -2.26. The average molecular weight is 363 g/mol. The highest BCUT2D eigenvalue weighted by Crippen LogP contribution is 2.28. The predicted octanol–water partition coefficient (Wildman–Crippen LogP) is 7.61. The lowest BCUT2D eigenvalue weighted by molar-refractivity contribution is 0.154. The molecular formula is C25H46O. The maximum Gasteiger partial charge on any atom is 0.0461 e. The van der Waals surface area contributed by atoms with Crippen LogP contribution in [0.15, 0.2) is 35.9 Å². The normalized spacial score (nSPS) is 14.3. The fourth-order valence-corrected chi connectivity index (χ4v) is 3.05. The predicted molar refractivity (Wildman–Crippen MR) is 120 cm³/mol. The van der Waals surface area contributed by atoms with Gasteiger partial charge in [-0.15, -0.1) is 0 Å².